The number of rotatable bonds is 5. The van der Waals surface area contributed by atoms with Crippen LogP contribution in [0, 0.1) is 0 Å². The van der Waals surface area contributed by atoms with E-state index in [9.17, 15) is 5.11 Å². The lowest BCUT2D eigenvalue weighted by molar-refractivity contribution is 0.0841. The Labute approximate surface area is 126 Å². The van der Waals surface area contributed by atoms with Crippen LogP contribution >= 0.6 is 0 Å². The van der Waals surface area contributed by atoms with E-state index >= 15 is 0 Å². The molecule has 0 saturated carbocycles. The topological polar surface area (TPSA) is 23.5 Å². The van der Waals surface area contributed by atoms with Crippen molar-refractivity contribution in [3.8, 4) is 0 Å². The van der Waals surface area contributed by atoms with Crippen molar-refractivity contribution in [2.45, 2.75) is 25.1 Å². The fourth-order valence-corrected chi connectivity index (χ4v) is 2.91. The normalized spacial score (nSPS) is 19.8. The van der Waals surface area contributed by atoms with Crippen LogP contribution in [0.2, 0.25) is 0 Å². The standard InChI is InChI=1S/C19H21NO/c21-19(14-16-8-3-1-4-9-16)18-12-7-13-20(18)15-17-10-5-2-6-11-17/h1-12,18-19,21H,13-15H2/t18-,19+/m1/s1. The van der Waals surface area contributed by atoms with E-state index in [4.69, 9.17) is 0 Å². The van der Waals surface area contributed by atoms with E-state index in [1.807, 2.05) is 24.3 Å². The first-order valence-corrected chi connectivity index (χ1v) is 7.49. The molecule has 0 bridgehead atoms. The zero-order valence-electron chi connectivity index (χ0n) is 12.1. The van der Waals surface area contributed by atoms with Crippen molar-refractivity contribution < 1.29 is 5.11 Å². The van der Waals surface area contributed by atoms with Crippen LogP contribution in [0.1, 0.15) is 11.1 Å². The number of nitrogens with zero attached hydrogens (tertiary/aromatic N) is 1. The predicted octanol–water partition coefficient (Wildman–Crippen LogP) is 3.03. The summed E-state index contributed by atoms with van der Waals surface area (Å²) in [7, 11) is 0. The third-order valence-electron chi connectivity index (χ3n) is 4.01. The first kappa shape index (κ1) is 14.1. The average Bonchev–Trinajstić information content (AvgIpc) is 2.97. The van der Waals surface area contributed by atoms with E-state index in [2.05, 4.69) is 53.5 Å². The third-order valence-corrected chi connectivity index (χ3v) is 4.01. The molecule has 0 unspecified atom stereocenters. The molecule has 1 aliphatic heterocycles. The molecule has 0 fully saturated rings. The molecular weight excluding hydrogens is 258 g/mol. The number of aliphatic hydroxyl groups is 1. The van der Waals surface area contributed by atoms with Gasteiger partial charge in [-0.05, 0) is 11.1 Å². The SMILES string of the molecule is O[C@@H](Cc1ccccc1)[C@H]1C=CCN1Cc1ccccc1. The second kappa shape index (κ2) is 6.70. The van der Waals surface area contributed by atoms with Gasteiger partial charge in [0.2, 0.25) is 0 Å². The lowest BCUT2D eigenvalue weighted by atomic mass is 10.0. The van der Waals surface area contributed by atoms with E-state index in [1.165, 1.54) is 11.1 Å². The van der Waals surface area contributed by atoms with Gasteiger partial charge < -0.3 is 5.11 Å². The van der Waals surface area contributed by atoms with Gasteiger partial charge in [0.1, 0.15) is 0 Å². The van der Waals surface area contributed by atoms with E-state index in [-0.39, 0.29) is 12.1 Å². The molecule has 2 aromatic rings. The Morgan fingerprint density at radius 3 is 2.24 bits per heavy atom. The van der Waals surface area contributed by atoms with Gasteiger partial charge in [0.05, 0.1) is 12.1 Å². The summed E-state index contributed by atoms with van der Waals surface area (Å²) in [6, 6.07) is 20.7. The summed E-state index contributed by atoms with van der Waals surface area (Å²) < 4.78 is 0. The largest absolute Gasteiger partial charge is 0.391 e. The van der Waals surface area contributed by atoms with Crippen molar-refractivity contribution in [3.05, 3.63) is 83.9 Å². The second-order valence-electron chi connectivity index (χ2n) is 5.59. The maximum absolute atomic E-state index is 10.6. The molecule has 2 aromatic carbocycles. The third kappa shape index (κ3) is 3.60. The van der Waals surface area contributed by atoms with E-state index in [0.717, 1.165) is 13.1 Å². The Kier molecular flexibility index (Phi) is 4.49. The Bertz CT molecular complexity index is 579. The van der Waals surface area contributed by atoms with Crippen LogP contribution in [-0.2, 0) is 13.0 Å². The average molecular weight is 279 g/mol. The van der Waals surface area contributed by atoms with E-state index < -0.39 is 0 Å². The molecule has 3 rings (SSSR count). The zero-order chi connectivity index (χ0) is 14.5. The molecular formula is C19H21NO. The van der Waals surface area contributed by atoms with Crippen LogP contribution in [-0.4, -0.2) is 28.7 Å². The van der Waals surface area contributed by atoms with Crippen molar-refractivity contribution in [3.63, 3.8) is 0 Å². The molecule has 2 atom stereocenters. The van der Waals surface area contributed by atoms with Gasteiger partial charge in [0.15, 0.2) is 0 Å². The molecule has 0 aromatic heterocycles. The molecule has 1 aliphatic rings. The van der Waals surface area contributed by atoms with Gasteiger partial charge in [-0.3, -0.25) is 4.90 Å². The van der Waals surface area contributed by atoms with Crippen molar-refractivity contribution in [2.75, 3.05) is 6.54 Å². The maximum atomic E-state index is 10.6. The van der Waals surface area contributed by atoms with Gasteiger partial charge in [-0.25, -0.2) is 0 Å². The van der Waals surface area contributed by atoms with Gasteiger partial charge in [-0.1, -0.05) is 72.8 Å². The quantitative estimate of drug-likeness (QED) is 0.850. The summed E-state index contributed by atoms with van der Waals surface area (Å²) in [6.45, 7) is 1.79. The highest BCUT2D eigenvalue weighted by Gasteiger charge is 2.26. The lowest BCUT2D eigenvalue weighted by Gasteiger charge is -2.28. The summed E-state index contributed by atoms with van der Waals surface area (Å²) in [5.41, 5.74) is 2.48. The molecule has 2 nitrogen and oxygen atoms in total. The van der Waals surface area contributed by atoms with Gasteiger partial charge in [0, 0.05) is 19.5 Å². The number of benzene rings is 2. The van der Waals surface area contributed by atoms with Gasteiger partial charge in [0.25, 0.3) is 0 Å². The minimum absolute atomic E-state index is 0.102. The summed E-state index contributed by atoms with van der Waals surface area (Å²) in [6.07, 6.45) is 4.62. The van der Waals surface area contributed by atoms with E-state index in [0.29, 0.717) is 6.42 Å². The minimum Gasteiger partial charge on any atom is -0.391 e. The van der Waals surface area contributed by atoms with Gasteiger partial charge in [-0.2, -0.15) is 0 Å². The van der Waals surface area contributed by atoms with Crippen LogP contribution in [0.25, 0.3) is 0 Å². The number of hydrogen-bond acceptors (Lipinski definition) is 2. The molecule has 108 valence electrons. The molecule has 1 N–H and O–H groups in total. The van der Waals surface area contributed by atoms with Crippen LogP contribution < -0.4 is 0 Å². The summed E-state index contributed by atoms with van der Waals surface area (Å²) in [5, 5.41) is 10.6. The fraction of sp³-hybridized carbons (Fsp3) is 0.263. The van der Waals surface area contributed by atoms with Gasteiger partial charge in [-0.15, -0.1) is 0 Å². The smallest absolute Gasteiger partial charge is 0.0771 e. The Morgan fingerprint density at radius 2 is 1.57 bits per heavy atom. The summed E-state index contributed by atoms with van der Waals surface area (Å²) in [5.74, 6) is 0. The van der Waals surface area contributed by atoms with Crippen LogP contribution in [0.5, 0.6) is 0 Å². The van der Waals surface area contributed by atoms with Crippen molar-refractivity contribution >= 4 is 0 Å². The van der Waals surface area contributed by atoms with Crippen LogP contribution in [0.3, 0.4) is 0 Å². The number of aliphatic hydroxyl groups excluding tert-OH is 1. The minimum atomic E-state index is -0.366. The first-order chi connectivity index (χ1) is 10.3. The Hall–Kier alpha value is -1.90. The summed E-state index contributed by atoms with van der Waals surface area (Å²) in [4.78, 5) is 2.32. The highest BCUT2D eigenvalue weighted by Crippen LogP contribution is 2.19. The van der Waals surface area contributed by atoms with Gasteiger partial charge >= 0.3 is 0 Å². The highest BCUT2D eigenvalue weighted by molar-refractivity contribution is 5.20. The van der Waals surface area contributed by atoms with Crippen LogP contribution in [0.4, 0.5) is 0 Å². The van der Waals surface area contributed by atoms with Crippen LogP contribution in [0.15, 0.2) is 72.8 Å². The Balaban J connectivity index is 1.64. The monoisotopic (exact) mass is 279 g/mol. The molecule has 1 heterocycles. The Morgan fingerprint density at radius 1 is 0.952 bits per heavy atom. The second-order valence-corrected chi connectivity index (χ2v) is 5.59. The lowest BCUT2D eigenvalue weighted by Crippen LogP contribution is -2.39. The molecule has 0 radical (unpaired) electrons. The molecule has 21 heavy (non-hydrogen) atoms. The molecule has 0 amide bonds. The van der Waals surface area contributed by atoms with Crippen molar-refractivity contribution in [2.24, 2.45) is 0 Å². The summed E-state index contributed by atoms with van der Waals surface area (Å²) >= 11 is 0. The first-order valence-electron chi connectivity index (χ1n) is 7.49. The highest BCUT2D eigenvalue weighted by atomic mass is 16.3. The zero-order valence-corrected chi connectivity index (χ0v) is 12.1. The fourth-order valence-electron chi connectivity index (χ4n) is 2.91. The number of hydrogen-bond donors (Lipinski definition) is 1. The van der Waals surface area contributed by atoms with Crippen molar-refractivity contribution in [1.29, 1.82) is 0 Å². The molecule has 0 saturated heterocycles. The molecule has 0 spiro atoms. The molecule has 2 heteroatoms. The maximum Gasteiger partial charge on any atom is 0.0771 e. The predicted molar refractivity (Wildman–Crippen MR) is 85.9 cm³/mol. The molecule has 0 aliphatic carbocycles. The van der Waals surface area contributed by atoms with E-state index in [1.54, 1.807) is 0 Å². The van der Waals surface area contributed by atoms with Crippen molar-refractivity contribution in [1.82, 2.24) is 4.90 Å².